The standard InChI is InChI=1S/C17H15FN4O4S2/c1-7-14(28-13(21-7)5-20-17(25)26-2)12-6-27-15(22-12)8-4-11(19)9(16(23)24)3-10(8)18/h3-4,6H,5,19H2,1-2H3,(H,20,25)(H,23,24). The van der Waals surface area contributed by atoms with Crippen molar-refractivity contribution in [3.05, 3.63) is 39.6 Å². The molecule has 1 aromatic carbocycles. The molecule has 8 nitrogen and oxygen atoms in total. The Hall–Kier alpha value is -3.05. The Morgan fingerprint density at radius 2 is 2.11 bits per heavy atom. The van der Waals surface area contributed by atoms with E-state index in [9.17, 15) is 14.0 Å². The summed E-state index contributed by atoms with van der Waals surface area (Å²) in [7, 11) is 1.28. The van der Waals surface area contributed by atoms with E-state index in [0.29, 0.717) is 15.7 Å². The summed E-state index contributed by atoms with van der Waals surface area (Å²) in [4.78, 5) is 31.9. The first kappa shape index (κ1) is 19.7. The fourth-order valence-electron chi connectivity index (χ4n) is 2.43. The van der Waals surface area contributed by atoms with E-state index in [0.717, 1.165) is 16.6 Å². The summed E-state index contributed by atoms with van der Waals surface area (Å²) >= 11 is 2.56. The summed E-state index contributed by atoms with van der Waals surface area (Å²) in [6.07, 6.45) is -0.553. The third kappa shape index (κ3) is 3.94. The summed E-state index contributed by atoms with van der Waals surface area (Å²) in [5.74, 6) is -2.01. The fourth-order valence-corrected chi connectivity index (χ4v) is 4.29. The molecule has 2 aromatic heterocycles. The molecular formula is C17H15FN4O4S2. The maximum absolute atomic E-state index is 14.4. The number of alkyl carbamates (subject to hydrolysis) is 1. The first-order chi connectivity index (χ1) is 13.3. The van der Waals surface area contributed by atoms with Crippen molar-refractivity contribution < 1.29 is 23.8 Å². The van der Waals surface area contributed by atoms with E-state index < -0.39 is 17.9 Å². The number of carbonyl (C=O) groups excluding carboxylic acids is 1. The number of carbonyl (C=O) groups is 2. The van der Waals surface area contributed by atoms with E-state index in [1.165, 1.54) is 35.8 Å². The van der Waals surface area contributed by atoms with Crippen LogP contribution in [0.5, 0.6) is 0 Å². The second-order valence-corrected chi connectivity index (χ2v) is 7.57. The first-order valence-corrected chi connectivity index (χ1v) is 9.56. The Labute approximate surface area is 166 Å². The normalized spacial score (nSPS) is 10.7. The van der Waals surface area contributed by atoms with Crippen LogP contribution in [0.2, 0.25) is 0 Å². The number of aromatic carboxylic acids is 1. The van der Waals surface area contributed by atoms with Crippen molar-refractivity contribution in [2.24, 2.45) is 0 Å². The summed E-state index contributed by atoms with van der Waals surface area (Å²) in [5.41, 5.74) is 6.86. The number of halogens is 1. The van der Waals surface area contributed by atoms with Gasteiger partial charge in [-0.3, -0.25) is 0 Å². The smallest absolute Gasteiger partial charge is 0.407 e. The lowest BCUT2D eigenvalue weighted by Gasteiger charge is -2.05. The highest BCUT2D eigenvalue weighted by Gasteiger charge is 2.19. The highest BCUT2D eigenvalue weighted by molar-refractivity contribution is 7.16. The maximum Gasteiger partial charge on any atom is 0.407 e. The number of ether oxygens (including phenoxy) is 1. The third-order valence-electron chi connectivity index (χ3n) is 3.75. The minimum absolute atomic E-state index is 0.0363. The van der Waals surface area contributed by atoms with Gasteiger partial charge in [-0.25, -0.2) is 23.9 Å². The van der Waals surface area contributed by atoms with Crippen LogP contribution >= 0.6 is 22.7 Å². The van der Waals surface area contributed by atoms with Crippen LogP contribution in [0.4, 0.5) is 14.9 Å². The lowest BCUT2D eigenvalue weighted by Crippen LogP contribution is -2.22. The Kier molecular flexibility index (Phi) is 5.56. The lowest BCUT2D eigenvalue weighted by molar-refractivity contribution is 0.0697. The molecule has 4 N–H and O–H groups in total. The quantitative estimate of drug-likeness (QED) is 0.537. The largest absolute Gasteiger partial charge is 0.478 e. The molecule has 28 heavy (non-hydrogen) atoms. The van der Waals surface area contributed by atoms with Crippen LogP contribution in [0.25, 0.3) is 21.1 Å². The van der Waals surface area contributed by atoms with Crippen molar-refractivity contribution in [3.63, 3.8) is 0 Å². The van der Waals surface area contributed by atoms with E-state index in [4.69, 9.17) is 10.8 Å². The Morgan fingerprint density at radius 1 is 1.36 bits per heavy atom. The van der Waals surface area contributed by atoms with Crippen LogP contribution in [-0.4, -0.2) is 34.2 Å². The molecule has 0 aliphatic rings. The van der Waals surface area contributed by atoms with E-state index in [1.54, 1.807) is 5.38 Å². The molecule has 0 unspecified atom stereocenters. The maximum atomic E-state index is 14.4. The number of rotatable bonds is 5. The predicted octanol–water partition coefficient (Wildman–Crippen LogP) is 3.52. The fraction of sp³-hybridized carbons (Fsp3) is 0.176. The van der Waals surface area contributed by atoms with Crippen molar-refractivity contribution in [3.8, 4) is 21.1 Å². The average Bonchev–Trinajstić information content (AvgIpc) is 3.27. The molecule has 3 aromatic rings. The van der Waals surface area contributed by atoms with Gasteiger partial charge in [0.05, 0.1) is 35.5 Å². The van der Waals surface area contributed by atoms with Crippen LogP contribution in [0.3, 0.4) is 0 Å². The molecule has 11 heteroatoms. The summed E-state index contributed by atoms with van der Waals surface area (Å²) in [6.45, 7) is 2.03. The molecular weight excluding hydrogens is 407 g/mol. The first-order valence-electron chi connectivity index (χ1n) is 7.86. The van der Waals surface area contributed by atoms with Gasteiger partial charge in [0.25, 0.3) is 0 Å². The summed E-state index contributed by atoms with van der Waals surface area (Å²) in [6, 6.07) is 2.16. The highest BCUT2D eigenvalue weighted by Crippen LogP contribution is 2.36. The number of nitrogens with zero attached hydrogens (tertiary/aromatic N) is 2. The molecule has 0 radical (unpaired) electrons. The number of methoxy groups -OCH3 is 1. The van der Waals surface area contributed by atoms with Crippen molar-refractivity contribution in [2.75, 3.05) is 12.8 Å². The van der Waals surface area contributed by atoms with Crippen LogP contribution in [-0.2, 0) is 11.3 Å². The Balaban J connectivity index is 1.89. The Bertz CT molecular complexity index is 1060. The minimum atomic E-state index is -1.30. The molecule has 0 spiro atoms. The molecule has 0 atom stereocenters. The average molecular weight is 422 g/mol. The molecule has 0 saturated carbocycles. The van der Waals surface area contributed by atoms with Gasteiger partial charge in [-0.05, 0) is 19.1 Å². The van der Waals surface area contributed by atoms with Crippen LogP contribution in [0.1, 0.15) is 21.1 Å². The van der Waals surface area contributed by atoms with Crippen molar-refractivity contribution in [1.82, 2.24) is 15.3 Å². The molecule has 1 amide bonds. The lowest BCUT2D eigenvalue weighted by atomic mass is 10.1. The predicted molar refractivity (Wildman–Crippen MR) is 104 cm³/mol. The van der Waals surface area contributed by atoms with Gasteiger partial charge in [0.1, 0.15) is 15.8 Å². The van der Waals surface area contributed by atoms with Gasteiger partial charge < -0.3 is 20.9 Å². The number of nitrogens with two attached hydrogens (primary N) is 1. The van der Waals surface area contributed by atoms with Crippen molar-refractivity contribution >= 4 is 40.4 Å². The molecule has 2 heterocycles. The Morgan fingerprint density at radius 3 is 2.79 bits per heavy atom. The third-order valence-corrected chi connectivity index (χ3v) is 5.80. The molecule has 0 aliphatic carbocycles. The van der Waals surface area contributed by atoms with Gasteiger partial charge in [-0.1, -0.05) is 0 Å². The van der Waals surface area contributed by atoms with Gasteiger partial charge in [0.2, 0.25) is 0 Å². The zero-order valence-electron chi connectivity index (χ0n) is 14.8. The van der Waals surface area contributed by atoms with Crippen LogP contribution in [0, 0.1) is 12.7 Å². The van der Waals surface area contributed by atoms with Gasteiger partial charge >= 0.3 is 12.1 Å². The van der Waals surface area contributed by atoms with Gasteiger partial charge in [-0.15, -0.1) is 22.7 Å². The van der Waals surface area contributed by atoms with E-state index in [1.807, 2.05) is 6.92 Å². The zero-order valence-corrected chi connectivity index (χ0v) is 16.4. The minimum Gasteiger partial charge on any atom is -0.478 e. The second-order valence-electron chi connectivity index (χ2n) is 5.63. The van der Waals surface area contributed by atoms with Crippen molar-refractivity contribution in [2.45, 2.75) is 13.5 Å². The number of benzene rings is 1. The summed E-state index contributed by atoms with van der Waals surface area (Å²) in [5, 5.41) is 14.4. The molecule has 0 bridgehead atoms. The molecule has 3 rings (SSSR count). The second kappa shape index (κ2) is 7.90. The number of nitrogen functional groups attached to an aromatic ring is 1. The van der Waals surface area contributed by atoms with Gasteiger partial charge in [-0.2, -0.15) is 0 Å². The highest BCUT2D eigenvalue weighted by atomic mass is 32.1. The molecule has 0 aliphatic heterocycles. The topological polar surface area (TPSA) is 127 Å². The van der Waals surface area contributed by atoms with Crippen LogP contribution < -0.4 is 11.1 Å². The van der Waals surface area contributed by atoms with E-state index in [2.05, 4.69) is 20.0 Å². The van der Waals surface area contributed by atoms with E-state index in [-0.39, 0.29) is 23.4 Å². The zero-order chi connectivity index (χ0) is 20.4. The number of aryl methyl sites for hydroxylation is 1. The summed E-state index contributed by atoms with van der Waals surface area (Å²) < 4.78 is 18.9. The van der Waals surface area contributed by atoms with Crippen molar-refractivity contribution in [1.29, 1.82) is 0 Å². The number of nitrogens with one attached hydrogen (secondary N) is 1. The van der Waals surface area contributed by atoms with Gasteiger partial charge in [0.15, 0.2) is 0 Å². The number of thiazole rings is 2. The number of aromatic nitrogens is 2. The van der Waals surface area contributed by atoms with Gasteiger partial charge in [0, 0.05) is 16.6 Å². The number of amides is 1. The number of anilines is 1. The number of carboxylic acid groups (broad SMARTS) is 1. The number of hydrogen-bond donors (Lipinski definition) is 3. The molecule has 146 valence electrons. The van der Waals surface area contributed by atoms with Crippen LogP contribution in [0.15, 0.2) is 17.5 Å². The number of hydrogen-bond acceptors (Lipinski definition) is 8. The molecule has 0 fully saturated rings. The van der Waals surface area contributed by atoms with E-state index >= 15 is 0 Å². The SMILES string of the molecule is COC(=O)NCc1nc(C)c(-c2csc(-c3cc(N)c(C(=O)O)cc3F)n2)s1. The molecule has 0 saturated heterocycles. The monoisotopic (exact) mass is 422 g/mol. The number of carboxylic acids is 1.